The molecule has 0 fully saturated rings. The normalized spacial score (nSPS) is 19.9. The summed E-state index contributed by atoms with van der Waals surface area (Å²) in [5, 5.41) is 4.09. The van der Waals surface area contributed by atoms with E-state index in [2.05, 4.69) is 23.3 Å². The molecule has 2 nitrogen and oxygen atoms in total. The topological polar surface area (TPSA) is 15.3 Å². The lowest BCUT2D eigenvalue weighted by molar-refractivity contribution is 0.654. The Bertz CT molecular complexity index is 338. The van der Waals surface area contributed by atoms with E-state index in [0.29, 0.717) is 5.92 Å². The molecular weight excluding hydrogens is 196 g/mol. The Morgan fingerprint density at radius 1 is 1.57 bits per heavy atom. The summed E-state index contributed by atoms with van der Waals surface area (Å²) in [5.74, 6) is 0.568. The molecular formula is C11H15ClN2. The van der Waals surface area contributed by atoms with Gasteiger partial charge in [-0.1, -0.05) is 23.7 Å². The predicted molar refractivity (Wildman–Crippen MR) is 61.4 cm³/mol. The predicted octanol–water partition coefficient (Wildman–Crippen LogP) is 2.09. The third-order valence-electron chi connectivity index (χ3n) is 2.78. The van der Waals surface area contributed by atoms with Gasteiger partial charge in [0.2, 0.25) is 0 Å². The Hall–Kier alpha value is -0.730. The Labute approximate surface area is 89.9 Å². The van der Waals surface area contributed by atoms with Gasteiger partial charge in [-0.05, 0) is 18.7 Å². The van der Waals surface area contributed by atoms with Gasteiger partial charge in [0.25, 0.3) is 0 Å². The maximum Gasteiger partial charge on any atom is 0.0642 e. The Balaban J connectivity index is 2.39. The lowest BCUT2D eigenvalue weighted by Crippen LogP contribution is -2.22. The summed E-state index contributed by atoms with van der Waals surface area (Å²) in [4.78, 5) is 2.24. The van der Waals surface area contributed by atoms with Crippen molar-refractivity contribution in [3.8, 4) is 0 Å². The van der Waals surface area contributed by atoms with E-state index in [0.717, 1.165) is 18.1 Å². The second-order valence-corrected chi connectivity index (χ2v) is 4.22. The average Bonchev–Trinajstić information content (AvgIpc) is 2.46. The molecule has 0 aliphatic carbocycles. The summed E-state index contributed by atoms with van der Waals surface area (Å²) in [7, 11) is 4.09. The zero-order chi connectivity index (χ0) is 10.1. The standard InChI is InChI=1S/C11H15ClN2/c1-13-6-8-7-14(2)11-9(8)4-3-5-10(11)12/h3-5,8,13H,6-7H2,1-2H3. The number of fused-ring (bicyclic) bond motifs is 1. The second-order valence-electron chi connectivity index (χ2n) is 3.81. The monoisotopic (exact) mass is 210 g/mol. The molecule has 3 heteroatoms. The summed E-state index contributed by atoms with van der Waals surface area (Å²) in [6.07, 6.45) is 0. The van der Waals surface area contributed by atoms with Gasteiger partial charge in [-0.25, -0.2) is 0 Å². The minimum absolute atomic E-state index is 0.568. The first-order valence-electron chi connectivity index (χ1n) is 4.88. The zero-order valence-corrected chi connectivity index (χ0v) is 9.30. The van der Waals surface area contributed by atoms with Gasteiger partial charge in [0.15, 0.2) is 0 Å². The van der Waals surface area contributed by atoms with Crippen molar-refractivity contribution in [3.05, 3.63) is 28.8 Å². The quantitative estimate of drug-likeness (QED) is 0.805. The number of hydrogen-bond donors (Lipinski definition) is 1. The molecule has 1 unspecified atom stereocenters. The van der Waals surface area contributed by atoms with Gasteiger partial charge >= 0.3 is 0 Å². The van der Waals surface area contributed by atoms with Crippen molar-refractivity contribution in [3.63, 3.8) is 0 Å². The first kappa shape index (κ1) is 9.81. The second kappa shape index (κ2) is 3.79. The number of likely N-dealkylation sites (N-methyl/N-ethyl adjacent to an activating group) is 2. The van der Waals surface area contributed by atoms with Gasteiger partial charge in [0.05, 0.1) is 10.7 Å². The largest absolute Gasteiger partial charge is 0.372 e. The maximum absolute atomic E-state index is 6.17. The first-order valence-corrected chi connectivity index (χ1v) is 5.26. The summed E-state index contributed by atoms with van der Waals surface area (Å²) in [5.41, 5.74) is 2.57. The number of anilines is 1. The molecule has 0 spiro atoms. The van der Waals surface area contributed by atoms with Crippen molar-refractivity contribution in [2.45, 2.75) is 5.92 Å². The summed E-state index contributed by atoms with van der Waals surface area (Å²) >= 11 is 6.17. The number of halogens is 1. The molecule has 1 aromatic carbocycles. The van der Waals surface area contributed by atoms with Crippen molar-refractivity contribution in [2.24, 2.45) is 0 Å². The molecule has 1 atom stereocenters. The molecule has 1 N–H and O–H groups in total. The van der Waals surface area contributed by atoms with Crippen LogP contribution >= 0.6 is 11.6 Å². The molecule has 0 radical (unpaired) electrons. The van der Waals surface area contributed by atoms with Crippen LogP contribution in [0.15, 0.2) is 18.2 Å². The van der Waals surface area contributed by atoms with Crippen LogP contribution in [-0.4, -0.2) is 27.2 Å². The van der Waals surface area contributed by atoms with Gasteiger partial charge in [0, 0.05) is 26.1 Å². The Morgan fingerprint density at radius 2 is 2.36 bits per heavy atom. The van der Waals surface area contributed by atoms with Crippen LogP contribution in [0.1, 0.15) is 11.5 Å². The molecule has 0 saturated heterocycles. The minimum Gasteiger partial charge on any atom is -0.372 e. The molecule has 1 aliphatic rings. The number of hydrogen-bond acceptors (Lipinski definition) is 2. The van der Waals surface area contributed by atoms with Crippen molar-refractivity contribution in [1.82, 2.24) is 5.32 Å². The summed E-state index contributed by atoms with van der Waals surface area (Å²) < 4.78 is 0. The molecule has 0 amide bonds. The fourth-order valence-electron chi connectivity index (χ4n) is 2.21. The van der Waals surface area contributed by atoms with E-state index >= 15 is 0 Å². The minimum atomic E-state index is 0.568. The van der Waals surface area contributed by atoms with E-state index in [1.807, 2.05) is 19.2 Å². The number of nitrogens with one attached hydrogen (secondary N) is 1. The molecule has 2 rings (SSSR count). The van der Waals surface area contributed by atoms with Gasteiger partial charge in [0.1, 0.15) is 0 Å². The molecule has 0 saturated carbocycles. The molecule has 1 aromatic rings. The zero-order valence-electron chi connectivity index (χ0n) is 8.55. The SMILES string of the molecule is CNCC1CN(C)c2c(Cl)cccc21. The van der Waals surface area contributed by atoms with Crippen molar-refractivity contribution in [2.75, 3.05) is 32.1 Å². The van der Waals surface area contributed by atoms with Gasteiger partial charge in [-0.3, -0.25) is 0 Å². The number of para-hydroxylation sites is 1. The van der Waals surface area contributed by atoms with E-state index in [1.54, 1.807) is 0 Å². The third kappa shape index (κ3) is 1.49. The van der Waals surface area contributed by atoms with Crippen molar-refractivity contribution < 1.29 is 0 Å². The smallest absolute Gasteiger partial charge is 0.0642 e. The summed E-state index contributed by atoms with van der Waals surface area (Å²) in [6.45, 7) is 2.07. The van der Waals surface area contributed by atoms with Gasteiger partial charge in [-0.2, -0.15) is 0 Å². The Morgan fingerprint density at radius 3 is 3.07 bits per heavy atom. The molecule has 0 bridgehead atoms. The van der Waals surface area contributed by atoms with Gasteiger partial charge < -0.3 is 10.2 Å². The molecule has 1 heterocycles. The van der Waals surface area contributed by atoms with Crippen LogP contribution in [0.25, 0.3) is 0 Å². The molecule has 14 heavy (non-hydrogen) atoms. The van der Waals surface area contributed by atoms with Crippen LogP contribution in [0.3, 0.4) is 0 Å². The van der Waals surface area contributed by atoms with Crippen LogP contribution in [0.2, 0.25) is 5.02 Å². The fourth-order valence-corrected chi connectivity index (χ4v) is 2.53. The molecule has 1 aliphatic heterocycles. The maximum atomic E-state index is 6.17. The van der Waals surface area contributed by atoms with Crippen molar-refractivity contribution in [1.29, 1.82) is 0 Å². The number of nitrogens with zero attached hydrogens (tertiary/aromatic N) is 1. The van der Waals surface area contributed by atoms with Crippen LogP contribution in [-0.2, 0) is 0 Å². The highest BCUT2D eigenvalue weighted by Crippen LogP contribution is 2.39. The van der Waals surface area contributed by atoms with Gasteiger partial charge in [-0.15, -0.1) is 0 Å². The fraction of sp³-hybridized carbons (Fsp3) is 0.455. The Kier molecular flexibility index (Phi) is 2.66. The van der Waals surface area contributed by atoms with Crippen LogP contribution in [0.4, 0.5) is 5.69 Å². The first-order chi connectivity index (χ1) is 6.74. The lowest BCUT2D eigenvalue weighted by atomic mass is 10.0. The van der Waals surface area contributed by atoms with E-state index < -0.39 is 0 Å². The summed E-state index contributed by atoms with van der Waals surface area (Å²) in [6, 6.07) is 6.16. The highest BCUT2D eigenvalue weighted by atomic mass is 35.5. The van der Waals surface area contributed by atoms with E-state index in [4.69, 9.17) is 11.6 Å². The van der Waals surface area contributed by atoms with Crippen LogP contribution < -0.4 is 10.2 Å². The van der Waals surface area contributed by atoms with E-state index in [1.165, 1.54) is 11.3 Å². The number of benzene rings is 1. The van der Waals surface area contributed by atoms with E-state index in [-0.39, 0.29) is 0 Å². The van der Waals surface area contributed by atoms with E-state index in [9.17, 15) is 0 Å². The molecule has 0 aromatic heterocycles. The molecule has 76 valence electrons. The highest BCUT2D eigenvalue weighted by Gasteiger charge is 2.27. The lowest BCUT2D eigenvalue weighted by Gasteiger charge is -2.13. The van der Waals surface area contributed by atoms with Crippen LogP contribution in [0, 0.1) is 0 Å². The van der Waals surface area contributed by atoms with Crippen LogP contribution in [0.5, 0.6) is 0 Å². The van der Waals surface area contributed by atoms with Crippen molar-refractivity contribution >= 4 is 17.3 Å². The highest BCUT2D eigenvalue weighted by molar-refractivity contribution is 6.33. The number of rotatable bonds is 2. The third-order valence-corrected chi connectivity index (χ3v) is 3.09. The average molecular weight is 211 g/mol.